The number of nitrogens with zero attached hydrogens (tertiary/aromatic N) is 1. The van der Waals surface area contributed by atoms with Crippen LogP contribution in [0.25, 0.3) is 0 Å². The highest BCUT2D eigenvalue weighted by molar-refractivity contribution is 6.76. The fraction of sp³-hybridized carbons (Fsp3) is 0.714. The Balaban J connectivity index is 4.86. The van der Waals surface area contributed by atoms with Gasteiger partial charge in [-0.3, -0.25) is 9.79 Å². The van der Waals surface area contributed by atoms with Crippen LogP contribution >= 0.6 is 0 Å². The minimum atomic E-state index is -4.46. The molecule has 8 heteroatoms. The number of nitrogens with two attached hydrogens (primary N) is 1. The fourth-order valence-corrected chi connectivity index (χ4v) is 2.29. The van der Waals surface area contributed by atoms with Crippen LogP contribution in [-0.2, 0) is 9.53 Å². The summed E-state index contributed by atoms with van der Waals surface area (Å²) >= 11 is 0. The van der Waals surface area contributed by atoms with Gasteiger partial charge >= 0.3 is 6.18 Å². The third-order valence-corrected chi connectivity index (χ3v) is 4.51. The Labute approximate surface area is 130 Å². The summed E-state index contributed by atoms with van der Waals surface area (Å²) < 4.78 is 43.1. The highest BCUT2D eigenvalue weighted by Crippen LogP contribution is 2.23. The predicted octanol–water partition coefficient (Wildman–Crippen LogP) is 3.51. The number of ketones is 1. The summed E-state index contributed by atoms with van der Waals surface area (Å²) in [4.78, 5) is 15.4. The lowest BCUT2D eigenvalue weighted by atomic mass is 10.0. The zero-order valence-corrected chi connectivity index (χ0v) is 14.6. The van der Waals surface area contributed by atoms with Crippen LogP contribution in [-0.4, -0.2) is 39.1 Å². The second-order valence-electron chi connectivity index (χ2n) is 6.10. The number of halogens is 3. The first-order chi connectivity index (χ1) is 10.00. The van der Waals surface area contributed by atoms with Crippen molar-refractivity contribution in [2.24, 2.45) is 10.7 Å². The number of carbonyl (C=O) groups excluding carboxylic acids is 1. The van der Waals surface area contributed by atoms with Gasteiger partial charge in [-0.05, 0) is 6.04 Å². The Morgan fingerprint density at radius 1 is 1.32 bits per heavy atom. The van der Waals surface area contributed by atoms with Crippen LogP contribution in [0.4, 0.5) is 13.2 Å². The number of aliphatic imine (C=N–C) groups is 1. The summed E-state index contributed by atoms with van der Waals surface area (Å²) in [5, 5.41) is 0. The fourth-order valence-electron chi connectivity index (χ4n) is 1.53. The smallest absolute Gasteiger partial charge is 0.394 e. The van der Waals surface area contributed by atoms with Crippen molar-refractivity contribution >= 4 is 19.6 Å². The average Bonchev–Trinajstić information content (AvgIpc) is 2.35. The van der Waals surface area contributed by atoms with Crippen LogP contribution in [0.15, 0.2) is 16.8 Å². The van der Waals surface area contributed by atoms with Gasteiger partial charge in [0.25, 0.3) is 0 Å². The molecule has 0 heterocycles. The zero-order valence-electron chi connectivity index (χ0n) is 13.6. The number of Topliss-reactive ketones (excluding diaryl/α,β-unsaturated/α-hetero) is 1. The molecule has 0 unspecified atom stereocenters. The minimum Gasteiger partial charge on any atom is -0.404 e. The maximum Gasteiger partial charge on any atom is 0.394 e. The van der Waals surface area contributed by atoms with Crippen molar-refractivity contribution in [2.75, 3.05) is 13.3 Å². The monoisotopic (exact) mass is 338 g/mol. The second kappa shape index (κ2) is 9.09. The Hall–Kier alpha value is -1.15. The molecule has 0 aromatic rings. The summed E-state index contributed by atoms with van der Waals surface area (Å²) in [5.41, 5.74) is 4.74. The van der Waals surface area contributed by atoms with Crippen LogP contribution in [0.5, 0.6) is 0 Å². The van der Waals surface area contributed by atoms with Gasteiger partial charge in [0, 0.05) is 27.3 Å². The Morgan fingerprint density at radius 3 is 2.32 bits per heavy atom. The van der Waals surface area contributed by atoms with Crippen LogP contribution in [0.2, 0.25) is 25.7 Å². The van der Waals surface area contributed by atoms with Gasteiger partial charge in [0.1, 0.15) is 6.73 Å². The number of hydrogen-bond acceptors (Lipinski definition) is 4. The highest BCUT2D eigenvalue weighted by atomic mass is 28.3. The lowest BCUT2D eigenvalue weighted by molar-refractivity contribution is -0.121. The standard InChI is InChI=1S/C14H25F3N2O2Si/c1-5-13(20)11(9-18)12(8-14(15,16)17)19-10-21-6-7-22(2,3)4/h9H,5-8,10,18H2,1-4H3. The molecule has 22 heavy (non-hydrogen) atoms. The van der Waals surface area contributed by atoms with E-state index in [9.17, 15) is 18.0 Å². The molecule has 0 aromatic heterocycles. The number of rotatable bonds is 9. The molecular weight excluding hydrogens is 313 g/mol. The first-order valence-electron chi connectivity index (χ1n) is 7.13. The van der Waals surface area contributed by atoms with Crippen molar-refractivity contribution in [3.63, 3.8) is 0 Å². The number of ether oxygens (including phenoxy) is 1. The van der Waals surface area contributed by atoms with Crippen LogP contribution in [0.3, 0.4) is 0 Å². The molecule has 0 aromatic carbocycles. The molecule has 0 atom stereocenters. The van der Waals surface area contributed by atoms with E-state index >= 15 is 0 Å². The molecule has 0 spiro atoms. The summed E-state index contributed by atoms with van der Waals surface area (Å²) in [7, 11) is -1.26. The first kappa shape index (κ1) is 20.8. The zero-order chi connectivity index (χ0) is 17.4. The normalized spacial score (nSPS) is 14.3. The Kier molecular flexibility index (Phi) is 8.61. The van der Waals surface area contributed by atoms with E-state index in [1.807, 2.05) is 0 Å². The van der Waals surface area contributed by atoms with Crippen molar-refractivity contribution < 1.29 is 22.7 Å². The lowest BCUT2D eigenvalue weighted by Crippen LogP contribution is -2.23. The Bertz CT molecular complexity index is 427. The van der Waals surface area contributed by atoms with E-state index in [1.54, 1.807) is 6.92 Å². The molecule has 0 saturated carbocycles. The lowest BCUT2D eigenvalue weighted by Gasteiger charge is -2.15. The first-order valence-corrected chi connectivity index (χ1v) is 10.8. The van der Waals surface area contributed by atoms with E-state index in [0.717, 1.165) is 12.2 Å². The highest BCUT2D eigenvalue weighted by Gasteiger charge is 2.32. The Morgan fingerprint density at radius 2 is 1.91 bits per heavy atom. The molecule has 0 radical (unpaired) electrons. The van der Waals surface area contributed by atoms with E-state index < -0.39 is 26.5 Å². The van der Waals surface area contributed by atoms with E-state index in [2.05, 4.69) is 24.6 Å². The van der Waals surface area contributed by atoms with Gasteiger partial charge < -0.3 is 10.5 Å². The molecule has 0 fully saturated rings. The second-order valence-corrected chi connectivity index (χ2v) is 11.7. The predicted molar refractivity (Wildman–Crippen MR) is 84.6 cm³/mol. The van der Waals surface area contributed by atoms with Gasteiger partial charge in [0.15, 0.2) is 5.78 Å². The molecule has 0 aliphatic carbocycles. The van der Waals surface area contributed by atoms with Crippen LogP contribution in [0, 0.1) is 0 Å². The van der Waals surface area contributed by atoms with Gasteiger partial charge in [0.05, 0.1) is 17.7 Å². The number of alkyl halides is 3. The summed E-state index contributed by atoms with van der Waals surface area (Å²) in [6.45, 7) is 8.31. The largest absolute Gasteiger partial charge is 0.404 e. The van der Waals surface area contributed by atoms with Crippen molar-refractivity contribution in [3.05, 3.63) is 11.8 Å². The molecule has 0 aliphatic rings. The van der Waals surface area contributed by atoms with Gasteiger partial charge in [-0.25, -0.2) is 0 Å². The third-order valence-electron chi connectivity index (χ3n) is 2.81. The van der Waals surface area contributed by atoms with Crippen molar-refractivity contribution in [3.8, 4) is 0 Å². The SMILES string of the molecule is CCC(=O)C(=CN)C(CC(F)(F)F)=NCOCC[Si](C)(C)C. The van der Waals surface area contributed by atoms with E-state index in [4.69, 9.17) is 10.5 Å². The summed E-state index contributed by atoms with van der Waals surface area (Å²) in [5.74, 6) is -0.465. The third kappa shape index (κ3) is 9.72. The molecular formula is C14H25F3N2O2Si. The van der Waals surface area contributed by atoms with E-state index in [-0.39, 0.29) is 24.4 Å². The minimum absolute atomic E-state index is 0.0659. The quantitative estimate of drug-likeness (QED) is 0.303. The van der Waals surface area contributed by atoms with Gasteiger partial charge in [-0.15, -0.1) is 0 Å². The van der Waals surface area contributed by atoms with Crippen LogP contribution in [0.1, 0.15) is 19.8 Å². The molecule has 0 saturated heterocycles. The maximum absolute atomic E-state index is 12.6. The van der Waals surface area contributed by atoms with E-state index in [1.165, 1.54) is 0 Å². The summed E-state index contributed by atoms with van der Waals surface area (Å²) in [6.07, 6.45) is -4.80. The molecule has 2 N–H and O–H groups in total. The van der Waals surface area contributed by atoms with Crippen molar-refractivity contribution in [2.45, 2.75) is 51.6 Å². The topological polar surface area (TPSA) is 64.7 Å². The number of hydrogen-bond donors (Lipinski definition) is 1. The van der Waals surface area contributed by atoms with Gasteiger partial charge in [-0.1, -0.05) is 26.6 Å². The van der Waals surface area contributed by atoms with Gasteiger partial charge in [-0.2, -0.15) is 13.2 Å². The molecule has 0 bridgehead atoms. The molecule has 0 amide bonds. The molecule has 0 aliphatic heterocycles. The number of carbonyl (C=O) groups is 1. The van der Waals surface area contributed by atoms with Crippen molar-refractivity contribution in [1.82, 2.24) is 0 Å². The van der Waals surface area contributed by atoms with E-state index in [0.29, 0.717) is 6.61 Å². The van der Waals surface area contributed by atoms with Gasteiger partial charge in [0.2, 0.25) is 0 Å². The van der Waals surface area contributed by atoms with Crippen LogP contribution < -0.4 is 5.73 Å². The number of allylic oxidation sites excluding steroid dienone is 1. The van der Waals surface area contributed by atoms with Crippen molar-refractivity contribution in [1.29, 1.82) is 0 Å². The molecule has 128 valence electrons. The molecule has 0 rings (SSSR count). The summed E-state index contributed by atoms with van der Waals surface area (Å²) in [6, 6.07) is 0.893. The molecule has 4 nitrogen and oxygen atoms in total. The maximum atomic E-state index is 12.6. The average molecular weight is 338 g/mol.